The molecule has 2 amide bonds. The number of amidine groups is 1. The van der Waals surface area contributed by atoms with Crippen LogP contribution < -0.4 is 10.6 Å². The van der Waals surface area contributed by atoms with Crippen molar-refractivity contribution in [1.82, 2.24) is 20.5 Å². The van der Waals surface area contributed by atoms with Crippen molar-refractivity contribution in [3.05, 3.63) is 61.9 Å². The van der Waals surface area contributed by atoms with Gasteiger partial charge in [-0.25, -0.2) is 19.0 Å². The maximum Gasteiger partial charge on any atom is 0.338 e. The summed E-state index contributed by atoms with van der Waals surface area (Å²) in [5.74, 6) is -0.287. The number of nitrogens with one attached hydrogen (secondary N) is 2. The van der Waals surface area contributed by atoms with Crippen molar-refractivity contribution in [2.24, 2.45) is 4.99 Å². The first kappa shape index (κ1) is 22.4. The minimum atomic E-state index is -0.715. The van der Waals surface area contributed by atoms with E-state index in [4.69, 9.17) is 9.73 Å². The number of fused-ring (bicyclic) bond motifs is 1. The molecule has 0 bridgehead atoms. The first-order valence-corrected chi connectivity index (χ1v) is 11.7. The van der Waals surface area contributed by atoms with Gasteiger partial charge in [-0.2, -0.15) is 0 Å². The third-order valence-corrected chi connectivity index (χ3v) is 6.65. The van der Waals surface area contributed by atoms with Gasteiger partial charge in [0.25, 0.3) is 0 Å². The van der Waals surface area contributed by atoms with Crippen molar-refractivity contribution in [3.63, 3.8) is 0 Å². The van der Waals surface area contributed by atoms with E-state index in [2.05, 4.69) is 31.5 Å². The molecule has 1 aromatic heterocycles. The van der Waals surface area contributed by atoms with Gasteiger partial charge in [-0.1, -0.05) is 22.0 Å². The Morgan fingerprint density at radius 1 is 1.41 bits per heavy atom. The average Bonchev–Trinajstić information content (AvgIpc) is 3.42. The number of amides is 2. The van der Waals surface area contributed by atoms with Crippen LogP contribution in [0.3, 0.4) is 0 Å². The average molecular weight is 522 g/mol. The summed E-state index contributed by atoms with van der Waals surface area (Å²) in [6.45, 7) is 2.37. The van der Waals surface area contributed by atoms with Crippen molar-refractivity contribution < 1.29 is 18.7 Å². The lowest BCUT2D eigenvalue weighted by Gasteiger charge is -2.31. The van der Waals surface area contributed by atoms with E-state index in [1.54, 1.807) is 26.2 Å². The van der Waals surface area contributed by atoms with Gasteiger partial charge in [0, 0.05) is 41.8 Å². The summed E-state index contributed by atoms with van der Waals surface area (Å²) in [6.07, 6.45) is 2.10. The van der Waals surface area contributed by atoms with Gasteiger partial charge in [0.15, 0.2) is 10.8 Å². The zero-order valence-corrected chi connectivity index (χ0v) is 19.8. The molecule has 32 heavy (non-hydrogen) atoms. The number of nitrogens with zero attached hydrogens (tertiary/aromatic N) is 3. The van der Waals surface area contributed by atoms with Gasteiger partial charge in [0.1, 0.15) is 11.9 Å². The number of aliphatic imine (C=N–C) groups is 1. The number of hydrogen-bond acceptors (Lipinski definition) is 7. The molecule has 11 heteroatoms. The Morgan fingerprint density at radius 3 is 2.88 bits per heavy atom. The van der Waals surface area contributed by atoms with Crippen molar-refractivity contribution >= 4 is 45.1 Å². The molecule has 0 radical (unpaired) electrons. The molecule has 1 unspecified atom stereocenters. The summed E-state index contributed by atoms with van der Waals surface area (Å²) in [5.41, 5.74) is 1.73. The summed E-state index contributed by atoms with van der Waals surface area (Å²) in [7, 11) is 1.55. The molecule has 2 N–H and O–H groups in total. The number of thiazole rings is 1. The van der Waals surface area contributed by atoms with Crippen molar-refractivity contribution in [3.8, 4) is 0 Å². The molecule has 2 aliphatic heterocycles. The number of urea groups is 1. The predicted molar refractivity (Wildman–Crippen MR) is 122 cm³/mol. The summed E-state index contributed by atoms with van der Waals surface area (Å²) >= 11 is 4.85. The van der Waals surface area contributed by atoms with Crippen LogP contribution in [0.4, 0.5) is 9.18 Å². The van der Waals surface area contributed by atoms with E-state index in [-0.39, 0.29) is 18.7 Å². The second-order valence-electron chi connectivity index (χ2n) is 7.17. The van der Waals surface area contributed by atoms with E-state index < -0.39 is 17.8 Å². The number of carbonyl (C=O) groups is 2. The SMILES string of the molecule is CCOC(=O)C1=C2CC(NC(=O)NC)CN2C(c2nccs2)=N[C@H]1c1ccc(F)cc1Br. The number of carbonyl (C=O) groups excluding carboxylic acids is 2. The molecule has 2 aromatic rings. The van der Waals surface area contributed by atoms with E-state index in [0.29, 0.717) is 45.1 Å². The summed E-state index contributed by atoms with van der Waals surface area (Å²) in [4.78, 5) is 36.3. The number of esters is 1. The monoisotopic (exact) mass is 521 g/mol. The Hall–Kier alpha value is -2.79. The molecule has 168 valence electrons. The number of hydrogen-bond donors (Lipinski definition) is 2. The fraction of sp³-hybridized carbons (Fsp3) is 0.333. The molecular weight excluding hydrogens is 501 g/mol. The fourth-order valence-electron chi connectivity index (χ4n) is 3.87. The number of ether oxygens (including phenoxy) is 1. The maximum atomic E-state index is 13.8. The molecule has 2 atom stereocenters. The molecule has 0 saturated carbocycles. The van der Waals surface area contributed by atoms with E-state index >= 15 is 0 Å². The number of benzene rings is 1. The van der Waals surface area contributed by atoms with Gasteiger partial charge in [0.2, 0.25) is 0 Å². The lowest BCUT2D eigenvalue weighted by Crippen LogP contribution is -2.43. The van der Waals surface area contributed by atoms with E-state index in [0.717, 1.165) is 0 Å². The standard InChI is InChI=1S/C21H21BrFN5O3S/c1-3-31-20(29)16-15-9-12(26-21(30)24-2)10-28(15)18(19-25-6-7-32-19)27-17(16)13-5-4-11(23)8-14(13)22/h4-8,12,17H,3,9-10H2,1-2H3,(H2,24,26,30)/t12?,17-/m0/s1. The van der Waals surface area contributed by atoms with E-state index in [1.807, 2.05) is 10.3 Å². The first-order valence-electron chi connectivity index (χ1n) is 10.0. The lowest BCUT2D eigenvalue weighted by molar-refractivity contribution is -0.139. The van der Waals surface area contributed by atoms with E-state index in [9.17, 15) is 14.0 Å². The molecule has 1 fully saturated rings. The molecule has 4 rings (SSSR count). The van der Waals surface area contributed by atoms with Crippen LogP contribution in [0.2, 0.25) is 0 Å². The highest BCUT2D eigenvalue weighted by molar-refractivity contribution is 9.10. The molecular formula is C21H21BrFN5O3S. The van der Waals surface area contributed by atoms with Gasteiger partial charge in [0.05, 0.1) is 18.2 Å². The van der Waals surface area contributed by atoms with Gasteiger partial charge in [-0.3, -0.25) is 4.99 Å². The first-order chi connectivity index (χ1) is 15.4. The fourth-order valence-corrected chi connectivity index (χ4v) is 5.08. The Kier molecular flexibility index (Phi) is 6.56. The molecule has 8 nitrogen and oxygen atoms in total. The van der Waals surface area contributed by atoms with Crippen LogP contribution in [0.25, 0.3) is 0 Å². The zero-order chi connectivity index (χ0) is 22.8. The Bertz CT molecular complexity index is 1100. The van der Waals surface area contributed by atoms with Crippen molar-refractivity contribution in [2.75, 3.05) is 20.2 Å². The van der Waals surface area contributed by atoms with Crippen LogP contribution in [-0.2, 0) is 9.53 Å². The van der Waals surface area contributed by atoms with E-state index in [1.165, 1.54) is 23.5 Å². The van der Waals surface area contributed by atoms with Gasteiger partial charge < -0.3 is 20.3 Å². The second-order valence-corrected chi connectivity index (χ2v) is 8.92. The van der Waals surface area contributed by atoms with Crippen LogP contribution >= 0.6 is 27.3 Å². The van der Waals surface area contributed by atoms with Crippen LogP contribution in [-0.4, -0.2) is 54.0 Å². The Balaban J connectivity index is 1.86. The minimum Gasteiger partial charge on any atom is -0.463 e. The quantitative estimate of drug-likeness (QED) is 0.588. The van der Waals surface area contributed by atoms with Crippen LogP contribution in [0.15, 0.2) is 50.5 Å². The third-order valence-electron chi connectivity index (χ3n) is 5.20. The van der Waals surface area contributed by atoms with Crippen LogP contribution in [0.5, 0.6) is 0 Å². The molecule has 0 spiro atoms. The summed E-state index contributed by atoms with van der Waals surface area (Å²) in [5, 5.41) is 8.00. The second kappa shape index (κ2) is 9.37. The Labute approximate surface area is 196 Å². The zero-order valence-electron chi connectivity index (χ0n) is 17.4. The van der Waals surface area contributed by atoms with Crippen molar-refractivity contribution in [1.29, 1.82) is 0 Å². The van der Waals surface area contributed by atoms with Gasteiger partial charge in [-0.15, -0.1) is 11.3 Å². The Morgan fingerprint density at radius 2 is 2.22 bits per heavy atom. The molecule has 2 aliphatic rings. The van der Waals surface area contributed by atoms with Crippen LogP contribution in [0, 0.1) is 5.82 Å². The number of rotatable bonds is 5. The summed E-state index contributed by atoms with van der Waals surface area (Å²) in [6, 6.07) is 3.03. The van der Waals surface area contributed by atoms with Gasteiger partial charge in [-0.05, 0) is 24.6 Å². The van der Waals surface area contributed by atoms with Gasteiger partial charge >= 0.3 is 12.0 Å². The highest BCUT2D eigenvalue weighted by Gasteiger charge is 2.42. The molecule has 1 saturated heterocycles. The lowest BCUT2D eigenvalue weighted by atomic mass is 9.94. The predicted octanol–water partition coefficient (Wildman–Crippen LogP) is 3.37. The normalized spacial score (nSPS) is 20.0. The minimum absolute atomic E-state index is 0.204. The highest BCUT2D eigenvalue weighted by atomic mass is 79.9. The molecule has 1 aromatic carbocycles. The smallest absolute Gasteiger partial charge is 0.338 e. The third kappa shape index (κ3) is 4.26. The number of aromatic nitrogens is 1. The maximum absolute atomic E-state index is 13.8. The molecule has 0 aliphatic carbocycles. The largest absolute Gasteiger partial charge is 0.463 e. The van der Waals surface area contributed by atoms with Crippen LogP contribution in [0.1, 0.15) is 30.0 Å². The topological polar surface area (TPSA) is 95.9 Å². The van der Waals surface area contributed by atoms with Crippen molar-refractivity contribution in [2.45, 2.75) is 25.4 Å². The number of halogens is 2. The summed E-state index contributed by atoms with van der Waals surface area (Å²) < 4.78 is 19.7. The molecule has 3 heterocycles. The highest BCUT2D eigenvalue weighted by Crippen LogP contribution is 2.42.